The van der Waals surface area contributed by atoms with Gasteiger partial charge in [-0.2, -0.15) is 10.2 Å². The maximum atomic E-state index is 12.2. The summed E-state index contributed by atoms with van der Waals surface area (Å²) >= 11 is 5.89. The number of ether oxygens (including phenoxy) is 1. The number of aromatic amines is 1. The SMILES string of the molecule is O=C(N/N=C/c1ccco1)c1cc(-c2ccc(OCc3ccc(Cl)cc3)cc2)n[nH]1. The van der Waals surface area contributed by atoms with Crippen LogP contribution >= 0.6 is 11.6 Å². The molecule has 0 saturated carbocycles. The number of nitrogens with zero attached hydrogens (tertiary/aromatic N) is 2. The number of hydrazone groups is 1. The Morgan fingerprint density at radius 2 is 1.97 bits per heavy atom. The van der Waals surface area contributed by atoms with Crippen LogP contribution in [0.2, 0.25) is 5.02 Å². The molecule has 1 amide bonds. The quantitative estimate of drug-likeness (QED) is 0.336. The summed E-state index contributed by atoms with van der Waals surface area (Å²) in [7, 11) is 0. The fourth-order valence-corrected chi connectivity index (χ4v) is 2.76. The monoisotopic (exact) mass is 420 g/mol. The lowest BCUT2D eigenvalue weighted by Gasteiger charge is -2.07. The van der Waals surface area contributed by atoms with E-state index in [0.29, 0.717) is 28.8 Å². The lowest BCUT2D eigenvalue weighted by molar-refractivity contribution is 0.0950. The van der Waals surface area contributed by atoms with Gasteiger partial charge >= 0.3 is 0 Å². The average molecular weight is 421 g/mol. The van der Waals surface area contributed by atoms with Gasteiger partial charge in [0.2, 0.25) is 0 Å². The molecule has 4 rings (SSSR count). The zero-order valence-corrected chi connectivity index (χ0v) is 16.5. The molecule has 8 heteroatoms. The fourth-order valence-electron chi connectivity index (χ4n) is 2.63. The van der Waals surface area contributed by atoms with E-state index in [4.69, 9.17) is 20.8 Å². The van der Waals surface area contributed by atoms with Crippen LogP contribution in [0.1, 0.15) is 21.8 Å². The number of halogens is 1. The predicted molar refractivity (Wildman–Crippen MR) is 114 cm³/mol. The molecule has 150 valence electrons. The second-order valence-electron chi connectivity index (χ2n) is 6.32. The van der Waals surface area contributed by atoms with Crippen LogP contribution in [0.15, 0.2) is 82.5 Å². The Morgan fingerprint density at radius 1 is 1.17 bits per heavy atom. The molecule has 2 heterocycles. The van der Waals surface area contributed by atoms with E-state index in [-0.39, 0.29) is 0 Å². The number of hydrogen-bond acceptors (Lipinski definition) is 5. The highest BCUT2D eigenvalue weighted by atomic mass is 35.5. The summed E-state index contributed by atoms with van der Waals surface area (Å²) < 4.78 is 10.9. The third kappa shape index (κ3) is 4.95. The summed E-state index contributed by atoms with van der Waals surface area (Å²) in [5.74, 6) is 0.868. The lowest BCUT2D eigenvalue weighted by Crippen LogP contribution is -2.17. The fraction of sp³-hybridized carbons (Fsp3) is 0.0455. The van der Waals surface area contributed by atoms with Gasteiger partial charge in [-0.3, -0.25) is 9.89 Å². The Morgan fingerprint density at radius 3 is 2.70 bits per heavy atom. The van der Waals surface area contributed by atoms with Gasteiger partial charge in [-0.1, -0.05) is 23.7 Å². The normalized spacial score (nSPS) is 11.0. The minimum absolute atomic E-state index is 0.296. The van der Waals surface area contributed by atoms with E-state index in [1.807, 2.05) is 48.5 Å². The van der Waals surface area contributed by atoms with E-state index in [2.05, 4.69) is 20.7 Å². The highest BCUT2D eigenvalue weighted by Crippen LogP contribution is 2.22. The number of H-pyrrole nitrogens is 1. The third-order valence-electron chi connectivity index (χ3n) is 4.19. The number of carbonyl (C=O) groups excluding carboxylic acids is 1. The highest BCUT2D eigenvalue weighted by molar-refractivity contribution is 6.30. The highest BCUT2D eigenvalue weighted by Gasteiger charge is 2.10. The van der Waals surface area contributed by atoms with E-state index in [1.165, 1.54) is 12.5 Å². The van der Waals surface area contributed by atoms with Gasteiger partial charge in [0.05, 0.1) is 18.2 Å². The summed E-state index contributed by atoms with van der Waals surface area (Å²) in [6, 6.07) is 20.1. The van der Waals surface area contributed by atoms with Crippen LogP contribution in [0.4, 0.5) is 0 Å². The molecule has 0 radical (unpaired) electrons. The van der Waals surface area contributed by atoms with Crippen LogP contribution in [0, 0.1) is 0 Å². The zero-order chi connectivity index (χ0) is 20.8. The Balaban J connectivity index is 1.34. The molecule has 2 N–H and O–H groups in total. The van der Waals surface area contributed by atoms with Crippen molar-refractivity contribution in [2.45, 2.75) is 6.61 Å². The first kappa shape index (κ1) is 19.5. The molecule has 7 nitrogen and oxygen atoms in total. The largest absolute Gasteiger partial charge is 0.489 e. The molecule has 2 aromatic heterocycles. The Kier molecular flexibility index (Phi) is 5.91. The van der Waals surface area contributed by atoms with E-state index in [9.17, 15) is 4.79 Å². The van der Waals surface area contributed by atoms with Crippen LogP contribution in [0.3, 0.4) is 0 Å². The van der Waals surface area contributed by atoms with Gasteiger partial charge in [-0.25, -0.2) is 5.43 Å². The first-order valence-corrected chi connectivity index (χ1v) is 9.45. The van der Waals surface area contributed by atoms with Gasteiger partial charge in [-0.05, 0) is 60.2 Å². The van der Waals surface area contributed by atoms with Crippen LogP contribution in [0.5, 0.6) is 5.75 Å². The molecule has 4 aromatic rings. The second kappa shape index (κ2) is 9.11. The molecule has 0 bridgehead atoms. The number of nitrogens with one attached hydrogen (secondary N) is 2. The van der Waals surface area contributed by atoms with Gasteiger partial charge in [0.25, 0.3) is 5.91 Å². The van der Waals surface area contributed by atoms with E-state index < -0.39 is 5.91 Å². The first-order chi connectivity index (χ1) is 14.7. The van der Waals surface area contributed by atoms with Crippen LogP contribution < -0.4 is 10.2 Å². The summed E-state index contributed by atoms with van der Waals surface area (Å²) in [6.07, 6.45) is 2.94. The molecule has 30 heavy (non-hydrogen) atoms. The lowest BCUT2D eigenvalue weighted by atomic mass is 10.1. The maximum Gasteiger partial charge on any atom is 0.289 e. The number of benzene rings is 2. The minimum Gasteiger partial charge on any atom is -0.489 e. The molecule has 0 aliphatic heterocycles. The molecule has 0 saturated heterocycles. The van der Waals surface area contributed by atoms with Gasteiger partial charge < -0.3 is 9.15 Å². The molecule has 0 fully saturated rings. The molecule has 2 aromatic carbocycles. The van der Waals surface area contributed by atoms with Crippen LogP contribution in [-0.2, 0) is 6.61 Å². The molecule has 0 atom stereocenters. The molecule has 0 aliphatic carbocycles. The Hall–Kier alpha value is -3.84. The number of aromatic nitrogens is 2. The summed E-state index contributed by atoms with van der Waals surface area (Å²) in [5.41, 5.74) is 5.23. The minimum atomic E-state index is -0.403. The number of furan rings is 1. The first-order valence-electron chi connectivity index (χ1n) is 9.07. The van der Waals surface area contributed by atoms with E-state index >= 15 is 0 Å². The summed E-state index contributed by atoms with van der Waals surface area (Å²) in [4.78, 5) is 12.2. The molecular weight excluding hydrogens is 404 g/mol. The second-order valence-corrected chi connectivity index (χ2v) is 6.76. The van der Waals surface area contributed by atoms with Crippen LogP contribution in [-0.4, -0.2) is 22.3 Å². The Labute approximate surface area is 177 Å². The van der Waals surface area contributed by atoms with Crippen molar-refractivity contribution in [3.05, 3.63) is 95.0 Å². The van der Waals surface area contributed by atoms with Gasteiger partial charge in [0.1, 0.15) is 23.8 Å². The topological polar surface area (TPSA) is 92.5 Å². The Bertz CT molecular complexity index is 1130. The van der Waals surface area contributed by atoms with Crippen molar-refractivity contribution in [2.24, 2.45) is 5.10 Å². The predicted octanol–water partition coefficient (Wildman–Crippen LogP) is 4.67. The standard InChI is InChI=1S/C22H17ClN4O3/c23-17-7-3-15(4-8-17)14-30-18-9-5-16(6-10-18)20-12-21(26-25-20)22(28)27-24-13-19-2-1-11-29-19/h1-13H,14H2,(H,25,26)(H,27,28)/b24-13+. The van der Waals surface area contributed by atoms with Crippen molar-refractivity contribution in [1.82, 2.24) is 15.6 Å². The number of carbonyl (C=O) groups is 1. The van der Waals surface area contributed by atoms with Crippen molar-refractivity contribution in [2.75, 3.05) is 0 Å². The van der Waals surface area contributed by atoms with E-state index in [1.54, 1.807) is 18.2 Å². The van der Waals surface area contributed by atoms with Crippen LogP contribution in [0.25, 0.3) is 11.3 Å². The average Bonchev–Trinajstić information content (AvgIpc) is 3.46. The smallest absolute Gasteiger partial charge is 0.289 e. The third-order valence-corrected chi connectivity index (χ3v) is 4.44. The number of rotatable bonds is 7. The van der Waals surface area contributed by atoms with Gasteiger partial charge in [-0.15, -0.1) is 0 Å². The van der Waals surface area contributed by atoms with Crippen molar-refractivity contribution in [1.29, 1.82) is 0 Å². The van der Waals surface area contributed by atoms with E-state index in [0.717, 1.165) is 16.9 Å². The molecule has 0 unspecified atom stereocenters. The van der Waals surface area contributed by atoms with Crippen molar-refractivity contribution in [3.8, 4) is 17.0 Å². The van der Waals surface area contributed by atoms with Crippen molar-refractivity contribution in [3.63, 3.8) is 0 Å². The van der Waals surface area contributed by atoms with Gasteiger partial charge in [0.15, 0.2) is 0 Å². The summed E-state index contributed by atoms with van der Waals surface area (Å²) in [5, 5.41) is 11.4. The number of hydrogen-bond donors (Lipinski definition) is 2. The maximum absolute atomic E-state index is 12.2. The van der Waals surface area contributed by atoms with Crippen molar-refractivity contribution < 1.29 is 13.9 Å². The molecular formula is C22H17ClN4O3. The van der Waals surface area contributed by atoms with Gasteiger partial charge in [0, 0.05) is 10.6 Å². The molecule has 0 aliphatic rings. The van der Waals surface area contributed by atoms with Crippen molar-refractivity contribution >= 4 is 23.7 Å². The summed E-state index contributed by atoms with van der Waals surface area (Å²) in [6.45, 7) is 0.446. The zero-order valence-electron chi connectivity index (χ0n) is 15.7. The molecule has 0 spiro atoms. The number of amides is 1.